The summed E-state index contributed by atoms with van der Waals surface area (Å²) in [5, 5.41) is 0. The minimum absolute atomic E-state index is 0.0919. The Hall–Kier alpha value is -2.89. The molecule has 1 heteroatoms. The molecule has 4 aromatic rings. The van der Waals surface area contributed by atoms with E-state index in [0.717, 1.165) is 6.42 Å². The van der Waals surface area contributed by atoms with Crippen LogP contribution in [0.15, 0.2) is 118 Å². The fraction of sp³-hybridized carbons (Fsp3) is 0.356. The fourth-order valence-corrected chi connectivity index (χ4v) is 17.2. The van der Waals surface area contributed by atoms with E-state index in [1.165, 1.54) is 39.0 Å². The standard InChI is InChI=1S/C21H25.C13H10.C11H17.Zr/c1-20(2,3)16-9-7-14-11-15-8-10-17(21(4,5)6)13-19(15)18(14)12-16;1-3-7-12(8-4-1)11-13-9-5-2-6-10-13;1-5-9-6-7-10(8-9)11(2,3)4;/h7-13H,1-6H3;1-10H;7-9H,5H2,1-4H3;. The molecule has 1 unspecified atom stereocenters. The molecular formula is C45H52Zr. The molecule has 6 rings (SSSR count). The second-order valence-corrected chi connectivity index (χ2v) is 22.6. The number of hydrogen-bond donors (Lipinski definition) is 0. The van der Waals surface area contributed by atoms with Crippen LogP contribution in [0.2, 0.25) is 0 Å². The van der Waals surface area contributed by atoms with Crippen molar-refractivity contribution in [3.63, 3.8) is 0 Å². The summed E-state index contributed by atoms with van der Waals surface area (Å²) in [6.07, 6.45) is 6.45. The molecule has 1 atom stereocenters. The van der Waals surface area contributed by atoms with E-state index in [4.69, 9.17) is 0 Å². The Balaban J connectivity index is 1.75. The third-order valence-corrected chi connectivity index (χ3v) is 18.6. The molecule has 0 radical (unpaired) electrons. The van der Waals surface area contributed by atoms with Crippen molar-refractivity contribution < 1.29 is 21.3 Å². The average molecular weight is 684 g/mol. The van der Waals surface area contributed by atoms with Crippen molar-refractivity contribution in [2.24, 2.45) is 11.3 Å². The van der Waals surface area contributed by atoms with Crippen molar-refractivity contribution in [3.8, 4) is 11.1 Å². The second kappa shape index (κ2) is 12.3. The Morgan fingerprint density at radius 1 is 0.587 bits per heavy atom. The quantitative estimate of drug-likeness (QED) is 0.196. The van der Waals surface area contributed by atoms with E-state index >= 15 is 0 Å². The van der Waals surface area contributed by atoms with Gasteiger partial charge in [-0.05, 0) is 0 Å². The van der Waals surface area contributed by atoms with E-state index in [1.807, 2.05) is 0 Å². The van der Waals surface area contributed by atoms with Crippen LogP contribution >= 0.6 is 0 Å². The van der Waals surface area contributed by atoms with Crippen LogP contribution in [0, 0.1) is 11.3 Å². The second-order valence-electron chi connectivity index (χ2n) is 16.5. The minimum atomic E-state index is -2.84. The Morgan fingerprint density at radius 3 is 1.43 bits per heavy atom. The monoisotopic (exact) mass is 682 g/mol. The SMILES string of the molecule is CCC1C=C(C(C)(C)C)C=[C]1[Zr](=[C](c1ccccc1)c1ccccc1)[CH]1c2ccc(C(C)(C)C)cc2-c2cc(C(C)(C)C)ccc21. The van der Waals surface area contributed by atoms with Crippen LogP contribution in [0.1, 0.15) is 113 Å². The van der Waals surface area contributed by atoms with Gasteiger partial charge in [0.15, 0.2) is 0 Å². The molecular weight excluding hydrogens is 632 g/mol. The molecule has 2 aliphatic rings. The van der Waals surface area contributed by atoms with Crippen LogP contribution in [0.25, 0.3) is 11.1 Å². The van der Waals surface area contributed by atoms with Crippen molar-refractivity contribution >= 4 is 3.21 Å². The van der Waals surface area contributed by atoms with E-state index < -0.39 is 21.3 Å². The van der Waals surface area contributed by atoms with Gasteiger partial charge in [-0.1, -0.05) is 0 Å². The fourth-order valence-electron chi connectivity index (χ4n) is 7.35. The van der Waals surface area contributed by atoms with Gasteiger partial charge in [-0.15, -0.1) is 0 Å². The molecule has 4 aromatic carbocycles. The first-order valence-electron chi connectivity index (χ1n) is 17.3. The summed E-state index contributed by atoms with van der Waals surface area (Å²) in [4.78, 5) is 0. The van der Waals surface area contributed by atoms with Gasteiger partial charge in [0.05, 0.1) is 0 Å². The third kappa shape index (κ3) is 6.22. The van der Waals surface area contributed by atoms with Crippen molar-refractivity contribution in [2.45, 2.75) is 90.1 Å². The first kappa shape index (κ1) is 33.0. The number of benzene rings is 4. The van der Waals surface area contributed by atoms with Crippen molar-refractivity contribution in [2.75, 3.05) is 0 Å². The van der Waals surface area contributed by atoms with Crippen molar-refractivity contribution in [1.82, 2.24) is 0 Å². The van der Waals surface area contributed by atoms with Crippen LogP contribution in [-0.4, -0.2) is 3.21 Å². The van der Waals surface area contributed by atoms with Gasteiger partial charge in [-0.3, -0.25) is 0 Å². The average Bonchev–Trinajstić information content (AvgIpc) is 3.59. The normalized spacial score (nSPS) is 16.5. The zero-order chi connectivity index (χ0) is 33.0. The molecule has 0 bridgehead atoms. The summed E-state index contributed by atoms with van der Waals surface area (Å²) in [6.45, 7) is 23.6. The molecule has 0 saturated heterocycles. The molecule has 2 aliphatic carbocycles. The zero-order valence-corrected chi connectivity index (χ0v) is 32.2. The Bertz CT molecular complexity index is 1740. The molecule has 0 aromatic heterocycles. The summed E-state index contributed by atoms with van der Waals surface area (Å²) in [5.74, 6) is 0.487. The zero-order valence-electron chi connectivity index (χ0n) is 29.8. The van der Waals surface area contributed by atoms with E-state index in [0.29, 0.717) is 9.54 Å². The van der Waals surface area contributed by atoms with Crippen LogP contribution in [0.4, 0.5) is 0 Å². The molecule has 46 heavy (non-hydrogen) atoms. The molecule has 0 amide bonds. The predicted molar refractivity (Wildman–Crippen MR) is 197 cm³/mol. The Labute approximate surface area is 286 Å². The van der Waals surface area contributed by atoms with Crippen LogP contribution in [0.5, 0.6) is 0 Å². The van der Waals surface area contributed by atoms with Gasteiger partial charge >= 0.3 is 288 Å². The summed E-state index contributed by atoms with van der Waals surface area (Å²) in [7, 11) is 0. The number of rotatable bonds is 5. The maximum atomic E-state index is 2.68. The summed E-state index contributed by atoms with van der Waals surface area (Å²) in [5.41, 5.74) is 13.5. The van der Waals surface area contributed by atoms with Crippen molar-refractivity contribution in [3.05, 3.63) is 151 Å². The molecule has 0 nitrogen and oxygen atoms in total. The van der Waals surface area contributed by atoms with Crippen LogP contribution < -0.4 is 0 Å². The first-order chi connectivity index (χ1) is 21.7. The Morgan fingerprint density at radius 2 is 1.04 bits per heavy atom. The van der Waals surface area contributed by atoms with Gasteiger partial charge in [-0.2, -0.15) is 0 Å². The number of allylic oxidation sites excluding steroid dienone is 4. The maximum absolute atomic E-state index is 2.84. The van der Waals surface area contributed by atoms with Gasteiger partial charge in [0, 0.05) is 0 Å². The molecule has 0 fully saturated rings. The Kier molecular flexibility index (Phi) is 8.82. The van der Waals surface area contributed by atoms with Crippen LogP contribution in [-0.2, 0) is 32.1 Å². The molecule has 0 heterocycles. The number of hydrogen-bond acceptors (Lipinski definition) is 0. The van der Waals surface area contributed by atoms with Crippen LogP contribution in [0.3, 0.4) is 0 Å². The van der Waals surface area contributed by atoms with Crippen molar-refractivity contribution in [1.29, 1.82) is 0 Å². The third-order valence-electron chi connectivity index (χ3n) is 10.1. The van der Waals surface area contributed by atoms with Gasteiger partial charge in [0.2, 0.25) is 0 Å². The molecule has 0 aliphatic heterocycles. The van der Waals surface area contributed by atoms with Gasteiger partial charge < -0.3 is 0 Å². The molecule has 0 N–H and O–H groups in total. The molecule has 236 valence electrons. The first-order valence-corrected chi connectivity index (χ1v) is 21.1. The summed E-state index contributed by atoms with van der Waals surface area (Å²) >= 11 is -2.84. The number of fused-ring (bicyclic) bond motifs is 3. The van der Waals surface area contributed by atoms with E-state index in [1.54, 1.807) is 17.6 Å². The molecule has 0 spiro atoms. The summed E-state index contributed by atoms with van der Waals surface area (Å²) < 4.78 is 3.78. The van der Waals surface area contributed by atoms with E-state index in [2.05, 4.69) is 178 Å². The topological polar surface area (TPSA) is 0 Å². The van der Waals surface area contributed by atoms with E-state index in [9.17, 15) is 0 Å². The summed E-state index contributed by atoms with van der Waals surface area (Å²) in [6, 6.07) is 37.8. The van der Waals surface area contributed by atoms with Gasteiger partial charge in [0.1, 0.15) is 0 Å². The van der Waals surface area contributed by atoms with E-state index in [-0.39, 0.29) is 16.2 Å². The predicted octanol–water partition coefficient (Wildman–Crippen LogP) is 12.1. The van der Waals surface area contributed by atoms with Gasteiger partial charge in [-0.25, -0.2) is 0 Å². The molecule has 0 saturated carbocycles. The van der Waals surface area contributed by atoms with Gasteiger partial charge in [0.25, 0.3) is 0 Å².